The molecule has 2 heterocycles. The average molecular weight is 201 g/mol. The molecule has 0 aliphatic heterocycles. The quantitative estimate of drug-likeness (QED) is 0.811. The van der Waals surface area contributed by atoms with Crippen molar-refractivity contribution in [3.63, 3.8) is 0 Å². The minimum atomic E-state index is -0.869. The van der Waals surface area contributed by atoms with Crippen molar-refractivity contribution in [1.29, 1.82) is 0 Å². The number of hydrogen-bond donors (Lipinski definition) is 1. The van der Waals surface area contributed by atoms with E-state index < -0.39 is 5.97 Å². The SMILES string of the molecule is O=C(O)c1cc2ccc(C3CC3)cn2c1. The maximum absolute atomic E-state index is 10.8. The Labute approximate surface area is 87.0 Å². The summed E-state index contributed by atoms with van der Waals surface area (Å²) in [5.74, 6) is -0.170. The maximum Gasteiger partial charge on any atom is 0.337 e. The van der Waals surface area contributed by atoms with Crippen LogP contribution in [-0.4, -0.2) is 15.5 Å². The number of aromatic carboxylic acids is 1. The van der Waals surface area contributed by atoms with Gasteiger partial charge in [0.2, 0.25) is 0 Å². The fourth-order valence-corrected chi connectivity index (χ4v) is 1.90. The van der Waals surface area contributed by atoms with Crippen molar-refractivity contribution in [3.8, 4) is 0 Å². The van der Waals surface area contributed by atoms with E-state index in [0.29, 0.717) is 11.5 Å². The first-order chi connectivity index (χ1) is 7.24. The standard InChI is InChI=1S/C12H11NO2/c14-12(15)10-5-11-4-3-9(8-1-2-8)6-13(11)7-10/h3-8H,1-2H2,(H,14,15). The van der Waals surface area contributed by atoms with Gasteiger partial charge in [-0.2, -0.15) is 0 Å². The number of hydrogen-bond acceptors (Lipinski definition) is 1. The van der Waals surface area contributed by atoms with Crippen molar-refractivity contribution in [2.45, 2.75) is 18.8 Å². The van der Waals surface area contributed by atoms with E-state index in [4.69, 9.17) is 5.11 Å². The smallest absolute Gasteiger partial charge is 0.337 e. The molecule has 1 aliphatic carbocycles. The van der Waals surface area contributed by atoms with Crippen LogP contribution in [0.1, 0.15) is 34.7 Å². The fraction of sp³-hybridized carbons (Fsp3) is 0.250. The summed E-state index contributed by atoms with van der Waals surface area (Å²) in [6.07, 6.45) is 6.24. The van der Waals surface area contributed by atoms with Gasteiger partial charge in [-0.25, -0.2) is 4.79 Å². The van der Waals surface area contributed by atoms with E-state index in [2.05, 4.69) is 6.07 Å². The number of pyridine rings is 1. The topological polar surface area (TPSA) is 41.7 Å². The summed E-state index contributed by atoms with van der Waals surface area (Å²) >= 11 is 0. The summed E-state index contributed by atoms with van der Waals surface area (Å²) in [7, 11) is 0. The molecule has 2 aromatic heterocycles. The van der Waals surface area contributed by atoms with Gasteiger partial charge in [-0.3, -0.25) is 0 Å². The van der Waals surface area contributed by atoms with Gasteiger partial charge in [-0.1, -0.05) is 6.07 Å². The van der Waals surface area contributed by atoms with Gasteiger partial charge in [0.1, 0.15) is 0 Å². The van der Waals surface area contributed by atoms with Gasteiger partial charge in [0, 0.05) is 17.9 Å². The van der Waals surface area contributed by atoms with Gasteiger partial charge in [-0.05, 0) is 36.5 Å². The Morgan fingerprint density at radius 1 is 1.33 bits per heavy atom. The molecule has 3 rings (SSSR count). The maximum atomic E-state index is 10.8. The molecule has 1 saturated carbocycles. The van der Waals surface area contributed by atoms with Crippen molar-refractivity contribution in [2.24, 2.45) is 0 Å². The molecule has 2 aromatic rings. The lowest BCUT2D eigenvalue weighted by Crippen LogP contribution is -1.92. The summed E-state index contributed by atoms with van der Waals surface area (Å²) in [5.41, 5.74) is 2.61. The Morgan fingerprint density at radius 2 is 2.13 bits per heavy atom. The molecule has 0 aromatic carbocycles. The van der Waals surface area contributed by atoms with E-state index in [1.165, 1.54) is 18.4 Å². The van der Waals surface area contributed by atoms with Crippen LogP contribution >= 0.6 is 0 Å². The van der Waals surface area contributed by atoms with Crippen LogP contribution < -0.4 is 0 Å². The molecule has 0 spiro atoms. The van der Waals surface area contributed by atoms with Gasteiger partial charge in [-0.15, -0.1) is 0 Å². The molecular formula is C12H11NO2. The van der Waals surface area contributed by atoms with Crippen LogP contribution in [0.5, 0.6) is 0 Å². The van der Waals surface area contributed by atoms with Crippen molar-refractivity contribution in [3.05, 3.63) is 41.7 Å². The molecule has 1 aliphatic rings. The molecule has 1 fully saturated rings. The van der Waals surface area contributed by atoms with E-state index >= 15 is 0 Å². The number of rotatable bonds is 2. The second kappa shape index (κ2) is 2.86. The van der Waals surface area contributed by atoms with Crippen LogP contribution in [0.25, 0.3) is 5.52 Å². The largest absolute Gasteiger partial charge is 0.478 e. The first-order valence-corrected chi connectivity index (χ1v) is 5.09. The van der Waals surface area contributed by atoms with Crippen LogP contribution in [-0.2, 0) is 0 Å². The molecule has 76 valence electrons. The minimum Gasteiger partial charge on any atom is -0.478 e. The van der Waals surface area contributed by atoms with E-state index in [9.17, 15) is 4.79 Å². The summed E-state index contributed by atoms with van der Waals surface area (Å²) in [4.78, 5) is 10.8. The van der Waals surface area contributed by atoms with E-state index in [-0.39, 0.29) is 0 Å². The van der Waals surface area contributed by atoms with Gasteiger partial charge in [0.25, 0.3) is 0 Å². The first-order valence-electron chi connectivity index (χ1n) is 5.09. The normalized spacial score (nSPS) is 15.7. The molecule has 0 radical (unpaired) electrons. The lowest BCUT2D eigenvalue weighted by atomic mass is 10.2. The van der Waals surface area contributed by atoms with Crippen molar-refractivity contribution in [1.82, 2.24) is 4.40 Å². The number of fused-ring (bicyclic) bond motifs is 1. The predicted molar refractivity (Wildman–Crippen MR) is 56.3 cm³/mol. The molecule has 0 atom stereocenters. The Morgan fingerprint density at radius 3 is 2.80 bits per heavy atom. The third-order valence-corrected chi connectivity index (χ3v) is 2.91. The van der Waals surface area contributed by atoms with Crippen LogP contribution in [0.3, 0.4) is 0 Å². The summed E-state index contributed by atoms with van der Waals surface area (Å²) in [5, 5.41) is 8.86. The van der Waals surface area contributed by atoms with Gasteiger partial charge < -0.3 is 9.51 Å². The molecule has 0 amide bonds. The second-order valence-electron chi connectivity index (χ2n) is 4.10. The predicted octanol–water partition coefficient (Wildman–Crippen LogP) is 2.51. The highest BCUT2D eigenvalue weighted by Gasteiger charge is 2.23. The van der Waals surface area contributed by atoms with Crippen LogP contribution in [0.4, 0.5) is 0 Å². The van der Waals surface area contributed by atoms with Crippen LogP contribution in [0.2, 0.25) is 0 Å². The monoisotopic (exact) mass is 201 g/mol. The molecule has 15 heavy (non-hydrogen) atoms. The number of carboxylic acids is 1. The lowest BCUT2D eigenvalue weighted by molar-refractivity contribution is 0.0697. The molecule has 1 N–H and O–H groups in total. The molecular weight excluding hydrogens is 190 g/mol. The second-order valence-corrected chi connectivity index (χ2v) is 4.10. The van der Waals surface area contributed by atoms with E-state index in [1.54, 1.807) is 12.3 Å². The van der Waals surface area contributed by atoms with Gasteiger partial charge in [0.15, 0.2) is 0 Å². The zero-order chi connectivity index (χ0) is 10.4. The highest BCUT2D eigenvalue weighted by atomic mass is 16.4. The Hall–Kier alpha value is -1.77. The highest BCUT2D eigenvalue weighted by Crippen LogP contribution is 2.39. The Bertz CT molecular complexity index is 538. The first kappa shape index (κ1) is 8.53. The fourth-order valence-electron chi connectivity index (χ4n) is 1.90. The van der Waals surface area contributed by atoms with Crippen LogP contribution in [0.15, 0.2) is 30.6 Å². The average Bonchev–Trinajstić information content (AvgIpc) is 2.96. The van der Waals surface area contributed by atoms with Gasteiger partial charge >= 0.3 is 5.97 Å². The van der Waals surface area contributed by atoms with Crippen molar-refractivity contribution in [2.75, 3.05) is 0 Å². The van der Waals surface area contributed by atoms with E-state index in [0.717, 1.165) is 5.52 Å². The zero-order valence-corrected chi connectivity index (χ0v) is 8.18. The van der Waals surface area contributed by atoms with Crippen LogP contribution in [0, 0.1) is 0 Å². The zero-order valence-electron chi connectivity index (χ0n) is 8.18. The Balaban J connectivity index is 2.13. The third kappa shape index (κ3) is 1.40. The Kier molecular flexibility index (Phi) is 1.63. The molecule has 0 unspecified atom stereocenters. The van der Waals surface area contributed by atoms with E-state index in [1.807, 2.05) is 16.7 Å². The highest BCUT2D eigenvalue weighted by molar-refractivity contribution is 5.89. The third-order valence-electron chi connectivity index (χ3n) is 2.91. The van der Waals surface area contributed by atoms with Crippen molar-refractivity contribution >= 4 is 11.5 Å². The van der Waals surface area contributed by atoms with Gasteiger partial charge in [0.05, 0.1) is 5.56 Å². The number of carbonyl (C=O) groups is 1. The number of carboxylic acid groups (broad SMARTS) is 1. The molecule has 0 saturated heterocycles. The molecule has 3 heteroatoms. The number of nitrogens with zero attached hydrogens (tertiary/aromatic N) is 1. The summed E-state index contributed by atoms with van der Waals surface area (Å²) < 4.78 is 1.90. The molecule has 3 nitrogen and oxygen atoms in total. The summed E-state index contributed by atoms with van der Waals surface area (Å²) in [6.45, 7) is 0. The van der Waals surface area contributed by atoms with Crippen molar-refractivity contribution < 1.29 is 9.90 Å². The number of aromatic nitrogens is 1. The molecule has 0 bridgehead atoms. The minimum absolute atomic E-state index is 0.350. The summed E-state index contributed by atoms with van der Waals surface area (Å²) in [6, 6.07) is 5.78. The lowest BCUT2D eigenvalue weighted by Gasteiger charge is -1.99.